The molecule has 1 aliphatic carbocycles. The Kier molecular flexibility index (Phi) is 8.14. The molecule has 0 fully saturated rings. The minimum atomic E-state index is -0.935. The minimum Gasteiger partial charge on any atom is -0.390 e. The highest BCUT2D eigenvalue weighted by molar-refractivity contribution is 5.73. The lowest BCUT2D eigenvalue weighted by Crippen LogP contribution is -2.52. The Morgan fingerprint density at radius 2 is 1.79 bits per heavy atom. The van der Waals surface area contributed by atoms with E-state index in [4.69, 9.17) is 0 Å². The van der Waals surface area contributed by atoms with Crippen LogP contribution in [0.3, 0.4) is 0 Å². The highest BCUT2D eigenvalue weighted by atomic mass is 19.1. The third-order valence-corrected chi connectivity index (χ3v) is 6.56. The summed E-state index contributed by atoms with van der Waals surface area (Å²) in [7, 11) is 0. The monoisotopic (exact) mass is 472 g/mol. The molecule has 1 unspecified atom stereocenters. The maximum absolute atomic E-state index is 13.7. The molecule has 0 radical (unpaired) electrons. The summed E-state index contributed by atoms with van der Waals surface area (Å²) in [5.41, 5.74) is 4.14. The summed E-state index contributed by atoms with van der Waals surface area (Å²) in [6, 6.07) is 9.33. The van der Waals surface area contributed by atoms with Gasteiger partial charge in [0, 0.05) is 25.1 Å². The molecule has 3 atom stereocenters. The molecule has 0 spiro atoms. The standard InChI is InChI=1S/C28H38F2N2O2/c1-18(33)32-25(14-20-11-22(29)15-23(30)12-20)26(34)17-31-28(5)10-6-7-21-9-8-19(13-24(21)28)16-27(2,3)4/h8-9,11-13,15,25-26,31,34H,6-7,10,14,16-17H2,1-5H3,(H,32,33)/t25-,26-,28?/m0/s1. The van der Waals surface area contributed by atoms with Crippen LogP contribution < -0.4 is 10.6 Å². The Labute approximate surface area is 202 Å². The number of hydrogen-bond donors (Lipinski definition) is 3. The molecule has 0 aromatic heterocycles. The second kappa shape index (κ2) is 10.5. The van der Waals surface area contributed by atoms with Crippen LogP contribution in [0, 0.1) is 17.0 Å². The number of aliphatic hydroxyl groups excluding tert-OH is 1. The molecule has 0 bridgehead atoms. The number of carbonyl (C=O) groups excluding carboxylic acids is 1. The topological polar surface area (TPSA) is 61.4 Å². The highest BCUT2D eigenvalue weighted by Crippen LogP contribution is 2.36. The summed E-state index contributed by atoms with van der Waals surface area (Å²) in [6.45, 7) is 10.5. The SMILES string of the molecule is CC(=O)N[C@@H](Cc1cc(F)cc(F)c1)[C@@H](O)CNC1(C)CCCc2ccc(CC(C)(C)C)cc21. The van der Waals surface area contributed by atoms with Gasteiger partial charge in [0.2, 0.25) is 5.91 Å². The van der Waals surface area contributed by atoms with E-state index in [2.05, 4.69) is 56.5 Å². The molecule has 1 amide bonds. The third kappa shape index (κ3) is 7.09. The van der Waals surface area contributed by atoms with Crippen LogP contribution in [0.2, 0.25) is 0 Å². The van der Waals surface area contributed by atoms with Crippen LogP contribution >= 0.6 is 0 Å². The van der Waals surface area contributed by atoms with Gasteiger partial charge in [-0.05, 0) is 78.8 Å². The van der Waals surface area contributed by atoms with E-state index in [-0.39, 0.29) is 29.8 Å². The fourth-order valence-corrected chi connectivity index (χ4v) is 5.03. The normalized spacial score (nSPS) is 19.9. The Hall–Kier alpha value is -2.31. The maximum atomic E-state index is 13.7. The van der Waals surface area contributed by atoms with Crippen LogP contribution in [-0.2, 0) is 29.6 Å². The molecular formula is C28H38F2N2O2. The summed E-state index contributed by atoms with van der Waals surface area (Å²) in [5, 5.41) is 17.3. The molecule has 0 aliphatic heterocycles. The average Bonchev–Trinajstić information content (AvgIpc) is 2.70. The van der Waals surface area contributed by atoms with Crippen LogP contribution in [0.4, 0.5) is 8.78 Å². The second-order valence-electron chi connectivity index (χ2n) is 11.2. The fourth-order valence-electron chi connectivity index (χ4n) is 5.03. The lowest BCUT2D eigenvalue weighted by molar-refractivity contribution is -0.120. The zero-order valence-electron chi connectivity index (χ0n) is 21.0. The van der Waals surface area contributed by atoms with E-state index in [0.29, 0.717) is 5.56 Å². The zero-order valence-corrected chi connectivity index (χ0v) is 21.0. The van der Waals surface area contributed by atoms with Gasteiger partial charge in [0.15, 0.2) is 0 Å². The molecule has 3 rings (SSSR count). The molecule has 186 valence electrons. The summed E-state index contributed by atoms with van der Waals surface area (Å²) in [6.07, 6.45) is 3.18. The first-order valence-corrected chi connectivity index (χ1v) is 12.1. The first-order valence-electron chi connectivity index (χ1n) is 12.1. The number of aliphatic hydroxyl groups is 1. The number of fused-ring (bicyclic) bond motifs is 1. The minimum absolute atomic E-state index is 0.125. The molecule has 1 aliphatic rings. The number of aryl methyl sites for hydroxylation is 1. The van der Waals surface area contributed by atoms with Crippen LogP contribution in [0.25, 0.3) is 0 Å². The van der Waals surface area contributed by atoms with Crippen molar-refractivity contribution in [2.24, 2.45) is 5.41 Å². The Balaban J connectivity index is 1.76. The first-order chi connectivity index (χ1) is 15.8. The Morgan fingerprint density at radius 3 is 2.41 bits per heavy atom. The van der Waals surface area contributed by atoms with Crippen molar-refractivity contribution >= 4 is 5.91 Å². The van der Waals surface area contributed by atoms with Crippen molar-refractivity contribution in [1.82, 2.24) is 10.6 Å². The lowest BCUT2D eigenvalue weighted by Gasteiger charge is -2.39. The Bertz CT molecular complexity index is 998. The molecule has 0 saturated carbocycles. The fraction of sp³-hybridized carbons (Fsp3) is 0.536. The van der Waals surface area contributed by atoms with Crippen molar-refractivity contribution in [3.05, 3.63) is 70.3 Å². The number of carbonyl (C=O) groups is 1. The smallest absolute Gasteiger partial charge is 0.217 e. The molecule has 0 saturated heterocycles. The van der Waals surface area contributed by atoms with Crippen molar-refractivity contribution in [3.8, 4) is 0 Å². The number of nitrogens with one attached hydrogen (secondary N) is 2. The lowest BCUT2D eigenvalue weighted by atomic mass is 9.76. The van der Waals surface area contributed by atoms with Gasteiger partial charge in [0.25, 0.3) is 0 Å². The number of rotatable bonds is 8. The van der Waals surface area contributed by atoms with Crippen molar-refractivity contribution in [2.45, 2.75) is 84.4 Å². The quantitative estimate of drug-likeness (QED) is 0.517. The predicted octanol–water partition coefficient (Wildman–Crippen LogP) is 4.80. The summed E-state index contributed by atoms with van der Waals surface area (Å²) in [4.78, 5) is 11.8. The largest absolute Gasteiger partial charge is 0.390 e. The van der Waals surface area contributed by atoms with Crippen LogP contribution in [-0.4, -0.2) is 29.7 Å². The van der Waals surface area contributed by atoms with E-state index in [0.717, 1.165) is 31.7 Å². The Morgan fingerprint density at radius 1 is 1.12 bits per heavy atom. The molecule has 4 nitrogen and oxygen atoms in total. The molecule has 2 aromatic carbocycles. The highest BCUT2D eigenvalue weighted by Gasteiger charge is 2.33. The van der Waals surface area contributed by atoms with E-state index < -0.39 is 23.8 Å². The van der Waals surface area contributed by atoms with Crippen LogP contribution in [0.15, 0.2) is 36.4 Å². The van der Waals surface area contributed by atoms with E-state index in [1.54, 1.807) is 0 Å². The molecule has 3 N–H and O–H groups in total. The maximum Gasteiger partial charge on any atom is 0.217 e. The van der Waals surface area contributed by atoms with Gasteiger partial charge in [0.05, 0.1) is 12.1 Å². The summed E-state index contributed by atoms with van der Waals surface area (Å²) < 4.78 is 27.3. The average molecular weight is 473 g/mol. The summed E-state index contributed by atoms with van der Waals surface area (Å²) in [5.74, 6) is -1.66. The molecule has 34 heavy (non-hydrogen) atoms. The molecular weight excluding hydrogens is 434 g/mol. The van der Waals surface area contributed by atoms with E-state index in [1.165, 1.54) is 35.7 Å². The van der Waals surface area contributed by atoms with Gasteiger partial charge in [-0.15, -0.1) is 0 Å². The molecule has 6 heteroatoms. The van der Waals surface area contributed by atoms with Crippen LogP contribution in [0.1, 0.15) is 69.7 Å². The van der Waals surface area contributed by atoms with Crippen molar-refractivity contribution in [3.63, 3.8) is 0 Å². The predicted molar refractivity (Wildman–Crippen MR) is 132 cm³/mol. The van der Waals surface area contributed by atoms with Gasteiger partial charge in [-0.25, -0.2) is 8.78 Å². The number of amides is 1. The number of benzene rings is 2. The molecule has 2 aromatic rings. The van der Waals surface area contributed by atoms with E-state index in [1.807, 2.05) is 0 Å². The number of halogens is 2. The van der Waals surface area contributed by atoms with Crippen molar-refractivity contribution in [2.75, 3.05) is 6.54 Å². The van der Waals surface area contributed by atoms with Crippen LogP contribution in [0.5, 0.6) is 0 Å². The zero-order chi connectivity index (χ0) is 25.1. The van der Waals surface area contributed by atoms with Crippen molar-refractivity contribution < 1.29 is 18.7 Å². The summed E-state index contributed by atoms with van der Waals surface area (Å²) >= 11 is 0. The second-order valence-corrected chi connectivity index (χ2v) is 11.2. The van der Waals surface area contributed by atoms with Gasteiger partial charge in [-0.3, -0.25) is 4.79 Å². The van der Waals surface area contributed by atoms with E-state index in [9.17, 15) is 18.7 Å². The first kappa shape index (κ1) is 26.3. The van der Waals surface area contributed by atoms with Gasteiger partial charge < -0.3 is 15.7 Å². The van der Waals surface area contributed by atoms with Crippen molar-refractivity contribution in [1.29, 1.82) is 0 Å². The third-order valence-electron chi connectivity index (χ3n) is 6.56. The van der Waals surface area contributed by atoms with E-state index >= 15 is 0 Å². The van der Waals surface area contributed by atoms with Gasteiger partial charge in [-0.1, -0.05) is 39.0 Å². The van der Waals surface area contributed by atoms with Gasteiger partial charge >= 0.3 is 0 Å². The van der Waals surface area contributed by atoms with Gasteiger partial charge in [-0.2, -0.15) is 0 Å². The number of hydrogen-bond acceptors (Lipinski definition) is 3. The van der Waals surface area contributed by atoms with Gasteiger partial charge in [0.1, 0.15) is 11.6 Å². The molecule has 0 heterocycles.